The Hall–Kier alpha value is -1.87. The molecule has 2 aliphatic rings. The molecule has 1 aromatic rings. The van der Waals surface area contributed by atoms with Gasteiger partial charge in [-0.2, -0.15) is 0 Å². The Bertz CT molecular complexity index is 773. The third-order valence-corrected chi connectivity index (χ3v) is 6.48. The summed E-state index contributed by atoms with van der Waals surface area (Å²) in [5.74, 6) is 0.113. The maximum Gasteiger partial charge on any atom is 0.309 e. The zero-order valence-electron chi connectivity index (χ0n) is 15.0. The Morgan fingerprint density at radius 3 is 2.38 bits per heavy atom. The van der Waals surface area contributed by atoms with E-state index in [-0.39, 0.29) is 41.2 Å². The average Bonchev–Trinajstić information content (AvgIpc) is 3.36. The lowest BCUT2D eigenvalue weighted by molar-refractivity contribution is -0.153. The number of hydrogen-bond acceptors (Lipinski definition) is 6. The number of ether oxygens (including phenoxy) is 1. The van der Waals surface area contributed by atoms with E-state index in [1.165, 1.54) is 26.2 Å². The molecule has 26 heavy (non-hydrogen) atoms. The highest BCUT2D eigenvalue weighted by molar-refractivity contribution is 7.88. The quantitative estimate of drug-likeness (QED) is 0.684. The first-order valence-electron chi connectivity index (χ1n) is 8.75. The summed E-state index contributed by atoms with van der Waals surface area (Å²) in [5, 5.41) is -0.180. The molecule has 1 saturated heterocycles. The third-order valence-electron chi connectivity index (χ3n) is 4.80. The Morgan fingerprint density at radius 2 is 1.81 bits per heavy atom. The van der Waals surface area contributed by atoms with E-state index >= 15 is 0 Å². The van der Waals surface area contributed by atoms with E-state index in [0.29, 0.717) is 25.9 Å². The van der Waals surface area contributed by atoms with Crippen LogP contribution in [0.5, 0.6) is 0 Å². The van der Waals surface area contributed by atoms with Gasteiger partial charge in [-0.1, -0.05) is 0 Å². The van der Waals surface area contributed by atoms with Crippen molar-refractivity contribution in [3.05, 3.63) is 17.9 Å². The largest absolute Gasteiger partial charge is 0.457 e. The minimum absolute atomic E-state index is 0.108. The minimum Gasteiger partial charge on any atom is -0.457 e. The fourth-order valence-corrected chi connectivity index (χ4v) is 3.75. The molecule has 1 aromatic heterocycles. The number of carbonyl (C=O) groups is 2. The molecule has 1 aliphatic carbocycles. The molecule has 0 radical (unpaired) electrons. The van der Waals surface area contributed by atoms with Crippen molar-refractivity contribution < 1.29 is 27.2 Å². The highest BCUT2D eigenvalue weighted by Gasteiger charge is 2.36. The highest BCUT2D eigenvalue weighted by Crippen LogP contribution is 2.32. The van der Waals surface area contributed by atoms with Crippen LogP contribution in [0.4, 0.5) is 0 Å². The number of carbonyl (C=O) groups excluding carboxylic acids is 2. The lowest BCUT2D eigenvalue weighted by Gasteiger charge is -2.31. The maximum absolute atomic E-state index is 12.2. The second-order valence-electron chi connectivity index (χ2n) is 6.99. The molecule has 1 aliphatic heterocycles. The van der Waals surface area contributed by atoms with Crippen LogP contribution in [0.25, 0.3) is 0 Å². The van der Waals surface area contributed by atoms with Crippen molar-refractivity contribution in [3.63, 3.8) is 0 Å². The summed E-state index contributed by atoms with van der Waals surface area (Å²) in [4.78, 5) is 26.1. The molecule has 0 bridgehead atoms. The molecular formula is C17H24N2O6S. The summed E-state index contributed by atoms with van der Waals surface area (Å²) in [6.45, 7) is 1.06. The van der Waals surface area contributed by atoms with Crippen LogP contribution in [0, 0.1) is 11.8 Å². The van der Waals surface area contributed by atoms with Crippen LogP contribution in [0.2, 0.25) is 0 Å². The summed E-state index contributed by atoms with van der Waals surface area (Å²) in [6.07, 6.45) is 3.15. The topological polar surface area (TPSA) is 97.1 Å². The smallest absolute Gasteiger partial charge is 0.309 e. The van der Waals surface area contributed by atoms with Gasteiger partial charge in [0.1, 0.15) is 12.4 Å². The molecule has 9 heteroatoms. The average molecular weight is 384 g/mol. The van der Waals surface area contributed by atoms with Crippen molar-refractivity contribution in [3.8, 4) is 0 Å². The monoisotopic (exact) mass is 384 g/mol. The summed E-state index contributed by atoms with van der Waals surface area (Å²) < 4.78 is 35.5. The van der Waals surface area contributed by atoms with Crippen LogP contribution in [-0.4, -0.2) is 56.7 Å². The summed E-state index contributed by atoms with van der Waals surface area (Å²) in [6, 6.07) is 2.83. The van der Waals surface area contributed by atoms with E-state index in [2.05, 4.69) is 0 Å². The molecule has 0 aromatic carbocycles. The van der Waals surface area contributed by atoms with Gasteiger partial charge < -0.3 is 14.1 Å². The number of piperidine rings is 1. The molecule has 0 N–H and O–H groups in total. The van der Waals surface area contributed by atoms with Crippen LogP contribution in [0.15, 0.2) is 21.6 Å². The number of sulfonamides is 1. The number of likely N-dealkylation sites (tertiary alicyclic amines) is 1. The van der Waals surface area contributed by atoms with Gasteiger partial charge in [0.25, 0.3) is 10.0 Å². The molecule has 0 spiro atoms. The first-order chi connectivity index (χ1) is 12.3. The molecular weight excluding hydrogens is 360 g/mol. The number of furan rings is 1. The van der Waals surface area contributed by atoms with Gasteiger partial charge in [0.05, 0.1) is 5.92 Å². The van der Waals surface area contributed by atoms with Gasteiger partial charge in [0.2, 0.25) is 11.0 Å². The Morgan fingerprint density at radius 1 is 1.15 bits per heavy atom. The van der Waals surface area contributed by atoms with Crippen molar-refractivity contribution in [2.24, 2.45) is 11.8 Å². The summed E-state index contributed by atoms with van der Waals surface area (Å²) in [5.41, 5.74) is 0. The van der Waals surface area contributed by atoms with Gasteiger partial charge in [-0.15, -0.1) is 0 Å². The number of hydrogen-bond donors (Lipinski definition) is 0. The number of esters is 1. The second-order valence-corrected chi connectivity index (χ2v) is 9.07. The molecule has 1 amide bonds. The van der Waals surface area contributed by atoms with Crippen molar-refractivity contribution in [2.75, 3.05) is 27.2 Å². The van der Waals surface area contributed by atoms with E-state index in [1.807, 2.05) is 4.90 Å². The van der Waals surface area contributed by atoms with Crippen molar-refractivity contribution in [1.29, 1.82) is 0 Å². The minimum atomic E-state index is -3.64. The maximum atomic E-state index is 12.2. The van der Waals surface area contributed by atoms with Crippen molar-refractivity contribution in [2.45, 2.75) is 37.4 Å². The molecule has 8 nitrogen and oxygen atoms in total. The standard InChI is InChI=1S/C17H24N2O6S/c1-18(2)26(22,23)15-6-5-14(25-15)11-24-17(21)13-7-9-19(10-8-13)16(20)12-3-4-12/h5-6,12-13H,3-4,7-11H2,1-2H3. The molecule has 0 atom stereocenters. The van der Waals surface area contributed by atoms with Crippen LogP contribution in [0.3, 0.4) is 0 Å². The predicted molar refractivity (Wildman–Crippen MR) is 91.4 cm³/mol. The Kier molecular flexibility index (Phi) is 5.38. The zero-order valence-corrected chi connectivity index (χ0v) is 15.8. The fourth-order valence-electron chi connectivity index (χ4n) is 2.94. The van der Waals surface area contributed by atoms with Gasteiger partial charge in [0, 0.05) is 33.1 Å². The van der Waals surface area contributed by atoms with E-state index in [1.54, 1.807) is 0 Å². The molecule has 2 fully saturated rings. The molecule has 1 saturated carbocycles. The second kappa shape index (κ2) is 7.40. The Labute approximate surface area is 153 Å². The van der Waals surface area contributed by atoms with Gasteiger partial charge in [0.15, 0.2) is 0 Å². The van der Waals surface area contributed by atoms with Crippen LogP contribution in [0.1, 0.15) is 31.4 Å². The normalized spacial score (nSPS) is 19.0. The van der Waals surface area contributed by atoms with Crippen LogP contribution in [-0.2, 0) is 31.0 Å². The van der Waals surface area contributed by atoms with E-state index in [4.69, 9.17) is 9.15 Å². The number of amides is 1. The number of rotatable bonds is 6. The highest BCUT2D eigenvalue weighted by atomic mass is 32.2. The van der Waals surface area contributed by atoms with Crippen LogP contribution < -0.4 is 0 Å². The predicted octanol–water partition coefficient (Wildman–Crippen LogP) is 1.22. The van der Waals surface area contributed by atoms with E-state index < -0.39 is 10.0 Å². The lowest BCUT2D eigenvalue weighted by atomic mass is 9.97. The number of nitrogens with zero attached hydrogens (tertiary/aromatic N) is 2. The molecule has 2 heterocycles. The van der Waals surface area contributed by atoms with Crippen LogP contribution >= 0.6 is 0 Å². The zero-order chi connectivity index (χ0) is 18.9. The van der Waals surface area contributed by atoms with Crippen molar-refractivity contribution >= 4 is 21.9 Å². The SMILES string of the molecule is CN(C)S(=O)(=O)c1ccc(COC(=O)C2CCN(C(=O)C3CC3)CC2)o1. The first-order valence-corrected chi connectivity index (χ1v) is 10.2. The van der Waals surface area contributed by atoms with E-state index in [9.17, 15) is 18.0 Å². The lowest BCUT2D eigenvalue weighted by Crippen LogP contribution is -2.41. The van der Waals surface area contributed by atoms with Gasteiger partial charge in [-0.3, -0.25) is 9.59 Å². The van der Waals surface area contributed by atoms with Gasteiger partial charge in [-0.25, -0.2) is 12.7 Å². The van der Waals surface area contributed by atoms with Crippen molar-refractivity contribution in [1.82, 2.24) is 9.21 Å². The molecule has 144 valence electrons. The Balaban J connectivity index is 1.47. The van der Waals surface area contributed by atoms with E-state index in [0.717, 1.165) is 17.1 Å². The molecule has 0 unspecified atom stereocenters. The van der Waals surface area contributed by atoms with Gasteiger partial charge in [-0.05, 0) is 37.8 Å². The molecule has 3 rings (SSSR count). The van der Waals surface area contributed by atoms with Gasteiger partial charge >= 0.3 is 5.97 Å². The first kappa shape index (κ1) is 18.9. The summed E-state index contributed by atoms with van der Waals surface area (Å²) >= 11 is 0. The summed E-state index contributed by atoms with van der Waals surface area (Å²) in [7, 11) is -0.814. The fraction of sp³-hybridized carbons (Fsp3) is 0.647. The third kappa shape index (κ3) is 4.09.